The first-order chi connectivity index (χ1) is 17.3. The van der Waals surface area contributed by atoms with Crippen LogP contribution in [0.5, 0.6) is 0 Å². The highest BCUT2D eigenvalue weighted by Crippen LogP contribution is 2.66. The Kier molecular flexibility index (Phi) is 6.71. The number of carbonyl (C=O) groups excluding carboxylic acids is 3. The standard InChI is InChI=1S/C25H34N6O4S/c1-4-11-26-22(33)19-18-9-10-25(36-18)20(19)24(35)31(17(12-32)14(2)3)21(25)23(34)27-13-30-16-8-6-5-7-15(16)28-29-30/h5-8,14,17-21,32H,4,9-13H2,1-3H3,(H,26,33)(H,27,34)/t17-,18+,19-,20-,21?,25?/m0/s1. The number of nitrogens with one attached hydrogen (secondary N) is 2. The number of aliphatic hydroxyl groups is 1. The Hall–Kier alpha value is -2.66. The number of fused-ring (bicyclic) bond motifs is 2. The lowest BCUT2D eigenvalue weighted by atomic mass is 9.70. The van der Waals surface area contributed by atoms with Crippen LogP contribution in [-0.4, -0.2) is 78.0 Å². The Balaban J connectivity index is 1.47. The highest BCUT2D eigenvalue weighted by Gasteiger charge is 2.74. The summed E-state index contributed by atoms with van der Waals surface area (Å²) in [6.45, 7) is 6.29. The molecule has 3 aliphatic heterocycles. The van der Waals surface area contributed by atoms with E-state index in [0.717, 1.165) is 23.9 Å². The van der Waals surface area contributed by atoms with Crippen LogP contribution in [0.15, 0.2) is 24.3 Å². The fourth-order valence-corrected chi connectivity index (χ4v) is 8.52. The number of carbonyl (C=O) groups is 3. The van der Waals surface area contributed by atoms with E-state index in [-0.39, 0.29) is 42.2 Å². The van der Waals surface area contributed by atoms with Gasteiger partial charge >= 0.3 is 0 Å². The molecule has 10 nitrogen and oxygen atoms in total. The number of hydrogen-bond donors (Lipinski definition) is 3. The molecule has 0 aliphatic carbocycles. The number of amides is 3. The molecular weight excluding hydrogens is 480 g/mol. The van der Waals surface area contributed by atoms with Crippen molar-refractivity contribution in [1.82, 2.24) is 30.5 Å². The average molecular weight is 515 g/mol. The third kappa shape index (κ3) is 3.78. The molecule has 194 valence electrons. The van der Waals surface area contributed by atoms with Crippen LogP contribution in [0, 0.1) is 17.8 Å². The topological polar surface area (TPSA) is 129 Å². The van der Waals surface area contributed by atoms with Gasteiger partial charge in [0.15, 0.2) is 0 Å². The normalized spacial score (nSPS) is 29.7. The molecule has 2 aromatic rings. The van der Waals surface area contributed by atoms with E-state index in [1.54, 1.807) is 21.3 Å². The molecule has 1 aromatic carbocycles. The molecule has 3 aliphatic rings. The molecule has 3 saturated heterocycles. The van der Waals surface area contributed by atoms with Crippen molar-refractivity contribution in [2.24, 2.45) is 17.8 Å². The maximum absolute atomic E-state index is 14.0. The highest BCUT2D eigenvalue weighted by atomic mass is 32.2. The van der Waals surface area contributed by atoms with Gasteiger partial charge in [-0.25, -0.2) is 4.68 Å². The van der Waals surface area contributed by atoms with Gasteiger partial charge in [-0.1, -0.05) is 38.1 Å². The molecule has 0 radical (unpaired) electrons. The molecule has 36 heavy (non-hydrogen) atoms. The van der Waals surface area contributed by atoms with Crippen molar-refractivity contribution in [3.63, 3.8) is 0 Å². The summed E-state index contributed by atoms with van der Waals surface area (Å²) in [5.41, 5.74) is 1.53. The van der Waals surface area contributed by atoms with Crippen LogP contribution in [0.25, 0.3) is 11.0 Å². The minimum Gasteiger partial charge on any atom is -0.394 e. The van der Waals surface area contributed by atoms with Crippen molar-refractivity contribution < 1.29 is 19.5 Å². The molecule has 3 N–H and O–H groups in total. The Bertz CT molecular complexity index is 1170. The second-order valence-corrected chi connectivity index (χ2v) is 12.0. The summed E-state index contributed by atoms with van der Waals surface area (Å²) in [6, 6.07) is 6.21. The van der Waals surface area contributed by atoms with Crippen molar-refractivity contribution in [3.8, 4) is 0 Å². The molecule has 3 amide bonds. The third-order valence-corrected chi connectivity index (χ3v) is 9.93. The lowest BCUT2D eigenvalue weighted by Crippen LogP contribution is -2.57. The lowest BCUT2D eigenvalue weighted by molar-refractivity contribution is -0.143. The number of para-hydroxylation sites is 1. The monoisotopic (exact) mass is 514 g/mol. The van der Waals surface area contributed by atoms with E-state index in [2.05, 4.69) is 20.9 Å². The number of likely N-dealkylation sites (tertiary alicyclic amines) is 1. The van der Waals surface area contributed by atoms with Crippen molar-refractivity contribution in [2.45, 2.75) is 68.8 Å². The average Bonchev–Trinajstić information content (AvgIpc) is 3.61. The molecule has 1 spiro atoms. The van der Waals surface area contributed by atoms with Gasteiger partial charge in [-0.05, 0) is 37.3 Å². The van der Waals surface area contributed by atoms with E-state index >= 15 is 0 Å². The zero-order valence-corrected chi connectivity index (χ0v) is 21.7. The van der Waals surface area contributed by atoms with E-state index < -0.39 is 28.7 Å². The maximum atomic E-state index is 14.0. The molecule has 0 saturated carbocycles. The number of rotatable bonds is 9. The van der Waals surface area contributed by atoms with Crippen molar-refractivity contribution >= 4 is 40.5 Å². The quantitative estimate of drug-likeness (QED) is 0.458. The number of hydrogen-bond acceptors (Lipinski definition) is 7. The van der Waals surface area contributed by atoms with Gasteiger partial charge in [-0.15, -0.1) is 16.9 Å². The van der Waals surface area contributed by atoms with Crippen LogP contribution in [0.3, 0.4) is 0 Å². The zero-order chi connectivity index (χ0) is 25.6. The van der Waals surface area contributed by atoms with Crippen LogP contribution in [-0.2, 0) is 21.1 Å². The molecule has 4 heterocycles. The molecule has 11 heteroatoms. The van der Waals surface area contributed by atoms with Gasteiger partial charge in [0.2, 0.25) is 17.7 Å². The largest absolute Gasteiger partial charge is 0.394 e. The Morgan fingerprint density at radius 3 is 2.75 bits per heavy atom. The molecule has 5 rings (SSSR count). The molecular formula is C25H34N6O4S. The number of benzene rings is 1. The number of aromatic nitrogens is 3. The Morgan fingerprint density at radius 1 is 1.25 bits per heavy atom. The summed E-state index contributed by atoms with van der Waals surface area (Å²) >= 11 is 1.63. The molecule has 3 fully saturated rings. The molecule has 6 atom stereocenters. The van der Waals surface area contributed by atoms with E-state index in [0.29, 0.717) is 13.0 Å². The van der Waals surface area contributed by atoms with Crippen LogP contribution in [0.4, 0.5) is 0 Å². The smallest absolute Gasteiger partial charge is 0.245 e. The fourth-order valence-electron chi connectivity index (χ4n) is 6.32. The minimum absolute atomic E-state index is 0.0131. The van der Waals surface area contributed by atoms with Gasteiger partial charge in [-0.3, -0.25) is 14.4 Å². The summed E-state index contributed by atoms with van der Waals surface area (Å²) in [7, 11) is 0. The van der Waals surface area contributed by atoms with Crippen LogP contribution in [0.1, 0.15) is 40.0 Å². The Morgan fingerprint density at radius 2 is 2.03 bits per heavy atom. The predicted molar refractivity (Wildman–Crippen MR) is 136 cm³/mol. The predicted octanol–water partition coefficient (Wildman–Crippen LogP) is 1.14. The fraction of sp³-hybridized carbons (Fsp3) is 0.640. The summed E-state index contributed by atoms with van der Waals surface area (Å²) in [4.78, 5) is 42.7. The summed E-state index contributed by atoms with van der Waals surface area (Å²) in [5.74, 6) is -1.68. The number of nitrogens with zero attached hydrogens (tertiary/aromatic N) is 4. The first-order valence-electron chi connectivity index (χ1n) is 12.8. The first kappa shape index (κ1) is 25.0. The highest BCUT2D eigenvalue weighted by molar-refractivity contribution is 8.02. The second-order valence-electron chi connectivity index (χ2n) is 10.4. The summed E-state index contributed by atoms with van der Waals surface area (Å²) in [6.07, 6.45) is 2.29. The van der Waals surface area contributed by atoms with Crippen LogP contribution in [0.2, 0.25) is 0 Å². The molecule has 2 bridgehead atoms. The lowest BCUT2D eigenvalue weighted by Gasteiger charge is -2.38. The van der Waals surface area contributed by atoms with Gasteiger partial charge in [0.25, 0.3) is 0 Å². The second kappa shape index (κ2) is 9.66. The van der Waals surface area contributed by atoms with Crippen molar-refractivity contribution in [1.29, 1.82) is 0 Å². The first-order valence-corrected chi connectivity index (χ1v) is 13.7. The molecule has 1 aromatic heterocycles. The zero-order valence-electron chi connectivity index (χ0n) is 20.9. The molecule has 2 unspecified atom stereocenters. The van der Waals surface area contributed by atoms with Gasteiger partial charge in [0, 0.05) is 11.8 Å². The van der Waals surface area contributed by atoms with Crippen LogP contribution >= 0.6 is 11.8 Å². The third-order valence-electron chi connectivity index (χ3n) is 7.98. The van der Waals surface area contributed by atoms with E-state index in [4.69, 9.17) is 0 Å². The van der Waals surface area contributed by atoms with Gasteiger partial charge in [0.05, 0.1) is 34.7 Å². The van der Waals surface area contributed by atoms with E-state index in [9.17, 15) is 19.5 Å². The summed E-state index contributed by atoms with van der Waals surface area (Å²) < 4.78 is 0.933. The minimum atomic E-state index is -0.775. The Labute approximate surface area is 214 Å². The van der Waals surface area contributed by atoms with Crippen LogP contribution < -0.4 is 10.6 Å². The number of thioether (sulfide) groups is 1. The van der Waals surface area contributed by atoms with E-state index in [1.165, 1.54) is 0 Å². The van der Waals surface area contributed by atoms with Crippen molar-refractivity contribution in [2.75, 3.05) is 13.2 Å². The number of aliphatic hydroxyl groups excluding tert-OH is 1. The van der Waals surface area contributed by atoms with Gasteiger partial charge < -0.3 is 20.6 Å². The maximum Gasteiger partial charge on any atom is 0.245 e. The van der Waals surface area contributed by atoms with E-state index in [1.807, 2.05) is 45.0 Å². The SMILES string of the molecule is CCCNC(=O)[C@@H]1[C@H]2C(=O)N([C@@H](CO)C(C)C)C(C(=O)NCn3nnc4ccccc43)C23CC[C@H]1S3. The van der Waals surface area contributed by atoms with Gasteiger partial charge in [-0.2, -0.15) is 0 Å². The summed E-state index contributed by atoms with van der Waals surface area (Å²) in [5, 5.41) is 24.5. The van der Waals surface area contributed by atoms with Gasteiger partial charge in [0.1, 0.15) is 18.2 Å². The van der Waals surface area contributed by atoms with Crippen molar-refractivity contribution in [3.05, 3.63) is 24.3 Å².